The number of carbonyl (C=O) groups excluding carboxylic acids is 3. The van der Waals surface area contributed by atoms with E-state index in [1.165, 1.54) is 11.3 Å². The van der Waals surface area contributed by atoms with Gasteiger partial charge in [0.2, 0.25) is 5.91 Å². The minimum atomic E-state index is -1.32. The van der Waals surface area contributed by atoms with Crippen molar-refractivity contribution in [2.75, 3.05) is 10.2 Å². The number of amides is 1. The number of carbonyl (C=O) groups is 3. The molecule has 3 aromatic carbocycles. The molecule has 3 aliphatic heterocycles. The molecule has 40 heavy (non-hydrogen) atoms. The first kappa shape index (κ1) is 25.0. The number of nitrogens with zero attached hydrogens (tertiary/aromatic N) is 1. The molecule has 0 radical (unpaired) electrons. The molecular formula is C33H25ClN2O3S. The van der Waals surface area contributed by atoms with Gasteiger partial charge in [-0.3, -0.25) is 14.4 Å². The summed E-state index contributed by atoms with van der Waals surface area (Å²) in [4.78, 5) is 46.2. The maximum absolute atomic E-state index is 14.7. The number of nitrogens with one attached hydrogen (secondary N) is 1. The predicted octanol–water partition coefficient (Wildman–Crippen LogP) is 6.96. The molecule has 198 valence electrons. The van der Waals surface area contributed by atoms with Crippen molar-refractivity contribution in [3.8, 4) is 0 Å². The van der Waals surface area contributed by atoms with Gasteiger partial charge in [-0.2, -0.15) is 0 Å². The standard InChI is InChI=1S/C33H25ClN2O3S/c1-18-9-14-25-22(16-18)19(2)17-27-33(23-6-3-4-7-24(23)35-32(33)39)28(30(37)20-10-12-21(34)13-11-20)29(36(25)27)31(38)26-8-5-15-40-26/h3-17,27-29H,1-2H3,(H,35,39)/t27-,28+,29-,33+/m0/s1. The molecule has 3 aliphatic rings. The number of hydrogen-bond donors (Lipinski definition) is 1. The maximum atomic E-state index is 14.7. The summed E-state index contributed by atoms with van der Waals surface area (Å²) in [5.41, 5.74) is 4.47. The van der Waals surface area contributed by atoms with E-state index in [0.29, 0.717) is 21.2 Å². The molecule has 1 N–H and O–H groups in total. The number of fused-ring (bicyclic) bond motifs is 6. The molecule has 1 saturated heterocycles. The zero-order chi connectivity index (χ0) is 27.8. The van der Waals surface area contributed by atoms with Crippen molar-refractivity contribution >= 4 is 57.4 Å². The lowest BCUT2D eigenvalue weighted by atomic mass is 9.64. The lowest BCUT2D eigenvalue weighted by Crippen LogP contribution is -2.51. The monoisotopic (exact) mass is 564 g/mol. The number of allylic oxidation sites excluding steroid dienone is 1. The molecule has 0 unspecified atom stereocenters. The predicted molar refractivity (Wildman–Crippen MR) is 160 cm³/mol. The molecule has 4 aromatic rings. The van der Waals surface area contributed by atoms with Crippen LogP contribution in [0.2, 0.25) is 5.02 Å². The largest absolute Gasteiger partial charge is 0.352 e. The molecule has 4 atom stereocenters. The molecule has 1 spiro atoms. The van der Waals surface area contributed by atoms with Gasteiger partial charge in [-0.15, -0.1) is 11.3 Å². The van der Waals surface area contributed by atoms with Gasteiger partial charge in [-0.05, 0) is 78.9 Å². The van der Waals surface area contributed by atoms with Crippen molar-refractivity contribution in [1.82, 2.24) is 0 Å². The fourth-order valence-electron chi connectivity index (χ4n) is 6.90. The number of thiophene rings is 1. The third kappa shape index (κ3) is 3.36. The van der Waals surface area contributed by atoms with Crippen LogP contribution in [0.5, 0.6) is 0 Å². The minimum absolute atomic E-state index is 0.166. The number of anilines is 2. The normalized spacial score (nSPS) is 24.3. The number of benzene rings is 3. The molecule has 1 fully saturated rings. The van der Waals surface area contributed by atoms with Crippen LogP contribution in [-0.2, 0) is 10.2 Å². The van der Waals surface area contributed by atoms with Gasteiger partial charge in [-0.1, -0.05) is 53.6 Å². The van der Waals surface area contributed by atoms with Crippen LogP contribution in [0.25, 0.3) is 5.57 Å². The molecule has 7 rings (SSSR count). The number of halogens is 1. The SMILES string of the molecule is CC1=C[C@@H]2N(c3ccc(C)cc31)[C@H](C(=O)c1cccs1)[C@H](C(=O)c1ccc(Cl)cc1)[C@]21C(=O)Nc2ccccc21. The van der Waals surface area contributed by atoms with Gasteiger partial charge in [-0.25, -0.2) is 0 Å². The van der Waals surface area contributed by atoms with Crippen LogP contribution in [0.3, 0.4) is 0 Å². The van der Waals surface area contributed by atoms with Gasteiger partial charge in [0, 0.05) is 27.5 Å². The summed E-state index contributed by atoms with van der Waals surface area (Å²) in [6.45, 7) is 4.07. The van der Waals surface area contributed by atoms with E-state index in [-0.39, 0.29) is 17.5 Å². The van der Waals surface area contributed by atoms with Crippen LogP contribution in [0.4, 0.5) is 11.4 Å². The number of rotatable bonds is 4. The maximum Gasteiger partial charge on any atom is 0.238 e. The summed E-state index contributed by atoms with van der Waals surface area (Å²) in [6, 6.07) is 22.6. The smallest absolute Gasteiger partial charge is 0.238 e. The first-order chi connectivity index (χ1) is 19.3. The number of ketones is 2. The number of hydrogen-bond acceptors (Lipinski definition) is 5. The second-order valence-electron chi connectivity index (χ2n) is 10.7. The summed E-state index contributed by atoms with van der Waals surface area (Å²) in [5.74, 6) is -1.68. The summed E-state index contributed by atoms with van der Waals surface area (Å²) in [5, 5.41) is 5.44. The molecular weight excluding hydrogens is 540 g/mol. The summed E-state index contributed by atoms with van der Waals surface area (Å²) in [7, 11) is 0. The Morgan fingerprint density at radius 1 is 0.950 bits per heavy atom. The minimum Gasteiger partial charge on any atom is -0.352 e. The highest BCUT2D eigenvalue weighted by Gasteiger charge is 2.70. The highest BCUT2D eigenvalue weighted by atomic mass is 35.5. The van der Waals surface area contributed by atoms with E-state index in [4.69, 9.17) is 11.6 Å². The molecule has 4 heterocycles. The molecule has 1 amide bonds. The first-order valence-corrected chi connectivity index (χ1v) is 14.4. The average molecular weight is 565 g/mol. The van der Waals surface area contributed by atoms with E-state index in [1.807, 2.05) is 66.6 Å². The quantitative estimate of drug-likeness (QED) is 0.272. The van der Waals surface area contributed by atoms with Crippen molar-refractivity contribution in [3.63, 3.8) is 0 Å². The van der Waals surface area contributed by atoms with E-state index in [2.05, 4.69) is 17.5 Å². The van der Waals surface area contributed by atoms with Gasteiger partial charge in [0.15, 0.2) is 11.6 Å². The van der Waals surface area contributed by atoms with Gasteiger partial charge in [0.1, 0.15) is 11.5 Å². The molecule has 0 bridgehead atoms. The van der Waals surface area contributed by atoms with Crippen molar-refractivity contribution in [1.29, 1.82) is 0 Å². The van der Waals surface area contributed by atoms with E-state index in [9.17, 15) is 14.4 Å². The lowest BCUT2D eigenvalue weighted by molar-refractivity contribution is -0.121. The van der Waals surface area contributed by atoms with Crippen LogP contribution >= 0.6 is 22.9 Å². The summed E-state index contributed by atoms with van der Waals surface area (Å²) < 4.78 is 0. The van der Waals surface area contributed by atoms with Crippen LogP contribution < -0.4 is 10.2 Å². The van der Waals surface area contributed by atoms with Crippen LogP contribution in [0.1, 0.15) is 43.6 Å². The second-order valence-corrected chi connectivity index (χ2v) is 12.1. The Morgan fingerprint density at radius 3 is 2.48 bits per heavy atom. The number of aryl methyl sites for hydroxylation is 1. The van der Waals surface area contributed by atoms with Gasteiger partial charge in [0.25, 0.3) is 0 Å². The van der Waals surface area contributed by atoms with E-state index in [0.717, 1.165) is 28.0 Å². The van der Waals surface area contributed by atoms with Crippen LogP contribution in [-0.4, -0.2) is 29.6 Å². The van der Waals surface area contributed by atoms with E-state index >= 15 is 0 Å². The molecule has 5 nitrogen and oxygen atoms in total. The lowest BCUT2D eigenvalue weighted by Gasteiger charge is -2.39. The zero-order valence-corrected chi connectivity index (χ0v) is 23.4. The van der Waals surface area contributed by atoms with Crippen LogP contribution in [0, 0.1) is 12.8 Å². The molecule has 1 aromatic heterocycles. The first-order valence-electron chi connectivity index (χ1n) is 13.2. The third-order valence-electron chi connectivity index (χ3n) is 8.58. The van der Waals surface area contributed by atoms with Crippen molar-refractivity contribution in [2.45, 2.75) is 31.3 Å². The molecule has 0 saturated carbocycles. The zero-order valence-electron chi connectivity index (χ0n) is 21.9. The highest BCUT2D eigenvalue weighted by molar-refractivity contribution is 7.12. The molecule has 0 aliphatic carbocycles. The molecule has 7 heteroatoms. The Morgan fingerprint density at radius 2 is 1.73 bits per heavy atom. The average Bonchev–Trinajstić information content (AvgIpc) is 3.66. The number of Topliss-reactive ketones (excluding diaryl/α,β-unsaturated/α-hetero) is 2. The highest BCUT2D eigenvalue weighted by Crippen LogP contribution is 2.59. The Labute approximate surface area is 241 Å². The van der Waals surface area contributed by atoms with Crippen molar-refractivity contribution in [3.05, 3.63) is 122 Å². The summed E-state index contributed by atoms with van der Waals surface area (Å²) in [6.07, 6.45) is 2.08. The third-order valence-corrected chi connectivity index (χ3v) is 9.71. The fourth-order valence-corrected chi connectivity index (χ4v) is 7.73. The van der Waals surface area contributed by atoms with Crippen molar-refractivity contribution < 1.29 is 14.4 Å². The van der Waals surface area contributed by atoms with E-state index < -0.39 is 23.4 Å². The topological polar surface area (TPSA) is 66.5 Å². The Hall–Kier alpha value is -4.00. The Balaban J connectivity index is 1.56. The summed E-state index contributed by atoms with van der Waals surface area (Å²) >= 11 is 7.52. The van der Waals surface area contributed by atoms with Gasteiger partial charge >= 0.3 is 0 Å². The van der Waals surface area contributed by atoms with Gasteiger partial charge in [0.05, 0.1) is 16.8 Å². The van der Waals surface area contributed by atoms with E-state index in [1.54, 1.807) is 30.3 Å². The van der Waals surface area contributed by atoms with Crippen LogP contribution in [0.15, 0.2) is 90.3 Å². The Bertz CT molecular complexity index is 1740. The van der Waals surface area contributed by atoms with Gasteiger partial charge < -0.3 is 10.2 Å². The number of para-hydroxylation sites is 1. The fraction of sp³-hybridized carbons (Fsp3) is 0.182. The Kier molecular flexibility index (Phi) is 5.63. The van der Waals surface area contributed by atoms with Crippen molar-refractivity contribution in [2.24, 2.45) is 5.92 Å². The second kappa shape index (κ2) is 9.01.